The summed E-state index contributed by atoms with van der Waals surface area (Å²) in [6, 6.07) is 26.9. The molecule has 0 fully saturated rings. The Morgan fingerprint density at radius 1 is 0.640 bits per heavy atom. The van der Waals surface area contributed by atoms with E-state index in [1.54, 1.807) is 0 Å². The topological polar surface area (TPSA) is 0 Å². The first kappa shape index (κ1) is 15.9. The number of hydrogen-bond donors (Lipinski definition) is 0. The van der Waals surface area contributed by atoms with Crippen LogP contribution in [0.3, 0.4) is 0 Å². The van der Waals surface area contributed by atoms with Crippen LogP contribution in [0.1, 0.15) is 31.9 Å². The van der Waals surface area contributed by atoms with Crippen LogP contribution in [0.15, 0.2) is 72.8 Å². The molecule has 0 unspecified atom stereocenters. The molecule has 4 aromatic rings. The zero-order valence-electron chi connectivity index (χ0n) is 15.4. The van der Waals surface area contributed by atoms with Gasteiger partial charge in [0.15, 0.2) is 0 Å². The minimum atomic E-state index is 0.177. The van der Waals surface area contributed by atoms with E-state index in [0.29, 0.717) is 0 Å². The molecule has 0 aliphatic carbocycles. The summed E-state index contributed by atoms with van der Waals surface area (Å²) in [4.78, 5) is 0. The van der Waals surface area contributed by atoms with Crippen molar-refractivity contribution in [2.75, 3.05) is 0 Å². The second kappa shape index (κ2) is 5.74. The van der Waals surface area contributed by atoms with Crippen molar-refractivity contribution in [3.63, 3.8) is 0 Å². The van der Waals surface area contributed by atoms with E-state index in [2.05, 4.69) is 100 Å². The third-order valence-corrected chi connectivity index (χ3v) is 5.06. The second-order valence-corrected chi connectivity index (χ2v) is 8.02. The van der Waals surface area contributed by atoms with Gasteiger partial charge < -0.3 is 0 Å². The smallest absolute Gasteiger partial charge is 0.00267 e. The molecule has 25 heavy (non-hydrogen) atoms. The summed E-state index contributed by atoms with van der Waals surface area (Å²) in [7, 11) is 0. The van der Waals surface area contributed by atoms with Crippen LogP contribution in [-0.2, 0) is 5.41 Å². The molecule has 4 rings (SSSR count). The largest absolute Gasteiger partial charge is 0.0616 e. The molecule has 0 atom stereocenters. The maximum absolute atomic E-state index is 2.31. The second-order valence-electron chi connectivity index (χ2n) is 8.02. The van der Waals surface area contributed by atoms with Gasteiger partial charge in [-0.15, -0.1) is 0 Å². The Morgan fingerprint density at radius 2 is 1.32 bits per heavy atom. The van der Waals surface area contributed by atoms with E-state index in [1.807, 2.05) is 0 Å². The van der Waals surface area contributed by atoms with Gasteiger partial charge in [-0.3, -0.25) is 0 Å². The molecule has 0 aromatic heterocycles. The highest BCUT2D eigenvalue weighted by molar-refractivity contribution is 6.12. The van der Waals surface area contributed by atoms with Gasteiger partial charge in [0.05, 0.1) is 0 Å². The number of benzene rings is 4. The van der Waals surface area contributed by atoms with Gasteiger partial charge in [0.1, 0.15) is 0 Å². The fourth-order valence-electron chi connectivity index (χ4n) is 3.62. The fraction of sp³-hybridized carbons (Fsp3) is 0.200. The van der Waals surface area contributed by atoms with Crippen molar-refractivity contribution in [3.05, 3.63) is 83.9 Å². The van der Waals surface area contributed by atoms with Crippen LogP contribution in [-0.4, -0.2) is 0 Å². The van der Waals surface area contributed by atoms with Crippen molar-refractivity contribution in [2.24, 2.45) is 0 Å². The minimum absolute atomic E-state index is 0.177. The van der Waals surface area contributed by atoms with E-state index in [-0.39, 0.29) is 5.41 Å². The van der Waals surface area contributed by atoms with Gasteiger partial charge in [0.25, 0.3) is 0 Å². The van der Waals surface area contributed by atoms with Gasteiger partial charge in [-0.1, -0.05) is 93.1 Å². The third kappa shape index (κ3) is 2.82. The molecule has 0 aliphatic rings. The predicted molar refractivity (Wildman–Crippen MR) is 110 cm³/mol. The number of aryl methyl sites for hydroxylation is 1. The highest BCUT2D eigenvalue weighted by atomic mass is 14.2. The Morgan fingerprint density at radius 3 is 2.04 bits per heavy atom. The minimum Gasteiger partial charge on any atom is -0.0616 e. The first-order valence-corrected chi connectivity index (χ1v) is 8.96. The quantitative estimate of drug-likeness (QED) is 0.323. The van der Waals surface area contributed by atoms with Gasteiger partial charge in [0.2, 0.25) is 0 Å². The van der Waals surface area contributed by atoms with Crippen molar-refractivity contribution in [3.8, 4) is 11.1 Å². The molecular formula is C25H24. The van der Waals surface area contributed by atoms with Gasteiger partial charge >= 0.3 is 0 Å². The molecule has 0 radical (unpaired) electrons. The summed E-state index contributed by atoms with van der Waals surface area (Å²) in [6.45, 7) is 8.96. The maximum Gasteiger partial charge on any atom is -0.00267 e. The van der Waals surface area contributed by atoms with Crippen molar-refractivity contribution >= 4 is 21.5 Å². The van der Waals surface area contributed by atoms with E-state index in [0.717, 1.165) is 0 Å². The lowest BCUT2D eigenvalue weighted by Gasteiger charge is -2.20. The Balaban J connectivity index is 2.05. The van der Waals surface area contributed by atoms with Crippen LogP contribution in [0.25, 0.3) is 32.7 Å². The lowest BCUT2D eigenvalue weighted by atomic mass is 9.85. The monoisotopic (exact) mass is 324 g/mol. The summed E-state index contributed by atoms with van der Waals surface area (Å²) >= 11 is 0. The lowest BCUT2D eigenvalue weighted by molar-refractivity contribution is 0.590. The molecule has 0 saturated heterocycles. The standard InChI is InChI=1S/C25H24/c1-17-9-10-20-16-19-7-5-6-8-22(19)24(23(20)15-17)18-11-13-21(14-12-18)25(2,3)4/h5-16H,1-4H3. The Bertz CT molecular complexity index is 1060. The summed E-state index contributed by atoms with van der Waals surface area (Å²) in [5.74, 6) is 0. The fourth-order valence-corrected chi connectivity index (χ4v) is 3.62. The molecule has 0 aliphatic heterocycles. The van der Waals surface area contributed by atoms with Crippen molar-refractivity contribution in [1.29, 1.82) is 0 Å². The van der Waals surface area contributed by atoms with E-state index in [9.17, 15) is 0 Å². The average Bonchev–Trinajstić information content (AvgIpc) is 2.59. The van der Waals surface area contributed by atoms with E-state index >= 15 is 0 Å². The molecular weight excluding hydrogens is 300 g/mol. The average molecular weight is 324 g/mol. The Kier molecular flexibility index (Phi) is 3.65. The van der Waals surface area contributed by atoms with Crippen LogP contribution in [0.4, 0.5) is 0 Å². The SMILES string of the molecule is Cc1ccc2cc3ccccc3c(-c3ccc(C(C)(C)C)cc3)c2c1. The zero-order valence-corrected chi connectivity index (χ0v) is 15.4. The Labute approximate surface area is 150 Å². The highest BCUT2D eigenvalue weighted by Gasteiger charge is 2.15. The summed E-state index contributed by atoms with van der Waals surface area (Å²) in [5.41, 5.74) is 5.49. The normalized spacial score (nSPS) is 12.0. The number of hydrogen-bond acceptors (Lipinski definition) is 0. The maximum atomic E-state index is 2.31. The van der Waals surface area contributed by atoms with Crippen LogP contribution >= 0.6 is 0 Å². The molecule has 0 heteroatoms. The molecule has 0 nitrogen and oxygen atoms in total. The van der Waals surface area contributed by atoms with E-state index in [1.165, 1.54) is 43.8 Å². The molecule has 0 spiro atoms. The van der Waals surface area contributed by atoms with Gasteiger partial charge in [0, 0.05) is 0 Å². The van der Waals surface area contributed by atoms with Crippen LogP contribution in [0.5, 0.6) is 0 Å². The molecule has 0 heterocycles. The van der Waals surface area contributed by atoms with E-state index in [4.69, 9.17) is 0 Å². The summed E-state index contributed by atoms with van der Waals surface area (Å²) in [5, 5.41) is 5.26. The Hall–Kier alpha value is -2.60. The molecule has 0 saturated carbocycles. The molecule has 0 N–H and O–H groups in total. The lowest BCUT2D eigenvalue weighted by Crippen LogP contribution is -2.10. The molecule has 4 aromatic carbocycles. The summed E-state index contributed by atoms with van der Waals surface area (Å²) < 4.78 is 0. The first-order valence-electron chi connectivity index (χ1n) is 8.96. The molecule has 0 amide bonds. The molecule has 124 valence electrons. The van der Waals surface area contributed by atoms with Crippen molar-refractivity contribution in [2.45, 2.75) is 33.1 Å². The van der Waals surface area contributed by atoms with Gasteiger partial charge in [-0.2, -0.15) is 0 Å². The first-order chi connectivity index (χ1) is 11.9. The van der Waals surface area contributed by atoms with Crippen LogP contribution in [0.2, 0.25) is 0 Å². The third-order valence-electron chi connectivity index (χ3n) is 5.06. The van der Waals surface area contributed by atoms with Gasteiger partial charge in [-0.25, -0.2) is 0 Å². The summed E-state index contributed by atoms with van der Waals surface area (Å²) in [6.07, 6.45) is 0. The van der Waals surface area contributed by atoms with Crippen LogP contribution < -0.4 is 0 Å². The van der Waals surface area contributed by atoms with Gasteiger partial charge in [-0.05, 0) is 56.6 Å². The molecule has 0 bridgehead atoms. The van der Waals surface area contributed by atoms with Crippen LogP contribution in [0, 0.1) is 6.92 Å². The van der Waals surface area contributed by atoms with Crippen molar-refractivity contribution < 1.29 is 0 Å². The predicted octanol–water partition coefficient (Wildman–Crippen LogP) is 7.27. The number of rotatable bonds is 1. The highest BCUT2D eigenvalue weighted by Crippen LogP contribution is 2.37. The van der Waals surface area contributed by atoms with Crippen molar-refractivity contribution in [1.82, 2.24) is 0 Å². The van der Waals surface area contributed by atoms with E-state index < -0.39 is 0 Å². The zero-order chi connectivity index (χ0) is 17.6. The number of fused-ring (bicyclic) bond motifs is 2.